The lowest BCUT2D eigenvalue weighted by molar-refractivity contribution is 0.102. The third-order valence-corrected chi connectivity index (χ3v) is 3.43. The van der Waals surface area contributed by atoms with Gasteiger partial charge >= 0.3 is 0 Å². The molecule has 2 heterocycles. The van der Waals surface area contributed by atoms with Crippen LogP contribution in [0.25, 0.3) is 10.9 Å². The van der Waals surface area contributed by atoms with Crippen molar-refractivity contribution in [3.63, 3.8) is 0 Å². The van der Waals surface area contributed by atoms with Crippen LogP contribution in [-0.2, 0) is 0 Å². The number of carbonyl (C=O) groups is 1. The number of nitrogens with zero attached hydrogens (tertiary/aromatic N) is 1. The molecule has 22 heavy (non-hydrogen) atoms. The number of anilines is 1. The van der Waals surface area contributed by atoms with Crippen LogP contribution in [0, 0.1) is 0 Å². The average Bonchev–Trinajstić information content (AvgIpc) is 2.49. The molecule has 0 saturated heterocycles. The van der Waals surface area contributed by atoms with Crippen molar-refractivity contribution in [2.45, 2.75) is 0 Å². The van der Waals surface area contributed by atoms with E-state index in [2.05, 4.69) is 15.3 Å². The molecule has 0 aliphatic carbocycles. The maximum atomic E-state index is 12.3. The van der Waals surface area contributed by atoms with Gasteiger partial charge in [-0.25, -0.2) is 4.98 Å². The van der Waals surface area contributed by atoms with Crippen LogP contribution in [0.1, 0.15) is 10.4 Å². The number of H-pyrrole nitrogens is 1. The van der Waals surface area contributed by atoms with E-state index in [1.807, 2.05) is 0 Å². The van der Waals surface area contributed by atoms with Crippen molar-refractivity contribution < 1.29 is 9.90 Å². The zero-order valence-electron chi connectivity index (χ0n) is 11.1. The van der Waals surface area contributed by atoms with Gasteiger partial charge in [0.25, 0.3) is 11.5 Å². The number of benzene rings is 1. The van der Waals surface area contributed by atoms with Crippen molar-refractivity contribution in [1.29, 1.82) is 0 Å². The fraction of sp³-hybridized carbons (Fsp3) is 0. The van der Waals surface area contributed by atoms with E-state index in [0.29, 0.717) is 10.9 Å². The summed E-state index contributed by atoms with van der Waals surface area (Å²) in [5.41, 5.74) is -0.366. The first-order valence-electron chi connectivity index (χ1n) is 6.34. The molecule has 0 radical (unpaired) electrons. The van der Waals surface area contributed by atoms with Gasteiger partial charge in [-0.3, -0.25) is 9.59 Å². The third kappa shape index (κ3) is 2.40. The Morgan fingerprint density at radius 1 is 1.23 bits per heavy atom. The molecule has 6 nitrogen and oxygen atoms in total. The van der Waals surface area contributed by atoms with E-state index in [9.17, 15) is 14.7 Å². The molecular weight excluding hydrogens is 306 g/mol. The Labute approximate surface area is 129 Å². The minimum atomic E-state index is -0.764. The number of aromatic nitrogens is 2. The van der Waals surface area contributed by atoms with Crippen molar-refractivity contribution in [2.75, 3.05) is 5.32 Å². The second-order valence-corrected chi connectivity index (χ2v) is 4.88. The van der Waals surface area contributed by atoms with Crippen LogP contribution in [0.2, 0.25) is 5.15 Å². The van der Waals surface area contributed by atoms with Crippen molar-refractivity contribution in [1.82, 2.24) is 9.97 Å². The number of pyridine rings is 2. The summed E-state index contributed by atoms with van der Waals surface area (Å²) in [6.45, 7) is 0. The largest absolute Gasteiger partial charge is 0.506 e. The minimum Gasteiger partial charge on any atom is -0.506 e. The van der Waals surface area contributed by atoms with Crippen molar-refractivity contribution in [2.24, 2.45) is 0 Å². The van der Waals surface area contributed by atoms with E-state index in [0.717, 1.165) is 0 Å². The highest BCUT2D eigenvalue weighted by Gasteiger charge is 2.19. The second-order valence-electron chi connectivity index (χ2n) is 4.52. The number of aromatic hydroxyl groups is 1. The molecule has 0 unspecified atom stereocenters. The number of rotatable bonds is 2. The lowest BCUT2D eigenvalue weighted by Gasteiger charge is -2.09. The van der Waals surface area contributed by atoms with Gasteiger partial charge in [0, 0.05) is 11.6 Å². The molecule has 0 spiro atoms. The lowest BCUT2D eigenvalue weighted by atomic mass is 10.1. The molecule has 3 N–H and O–H groups in total. The lowest BCUT2D eigenvalue weighted by Crippen LogP contribution is -2.23. The highest BCUT2D eigenvalue weighted by atomic mass is 35.5. The predicted octanol–water partition coefficient (Wildman–Crippen LogP) is 2.53. The van der Waals surface area contributed by atoms with Crippen molar-refractivity contribution in [3.05, 3.63) is 63.7 Å². The van der Waals surface area contributed by atoms with E-state index in [1.165, 1.54) is 6.20 Å². The van der Waals surface area contributed by atoms with Crippen LogP contribution in [0.3, 0.4) is 0 Å². The van der Waals surface area contributed by atoms with E-state index in [-0.39, 0.29) is 22.2 Å². The predicted molar refractivity (Wildman–Crippen MR) is 83.4 cm³/mol. The van der Waals surface area contributed by atoms with Crippen LogP contribution < -0.4 is 10.9 Å². The quantitative estimate of drug-likeness (QED) is 0.633. The zero-order chi connectivity index (χ0) is 15.7. The first-order chi connectivity index (χ1) is 10.6. The second kappa shape index (κ2) is 5.50. The maximum Gasteiger partial charge on any atom is 0.265 e. The topological polar surface area (TPSA) is 95.1 Å². The van der Waals surface area contributed by atoms with Crippen LogP contribution in [0.5, 0.6) is 5.75 Å². The Hall–Kier alpha value is -2.86. The highest BCUT2D eigenvalue weighted by molar-refractivity contribution is 6.32. The molecule has 3 rings (SSSR count). The molecule has 0 bridgehead atoms. The van der Waals surface area contributed by atoms with Crippen LogP contribution >= 0.6 is 11.6 Å². The van der Waals surface area contributed by atoms with Gasteiger partial charge in [0.1, 0.15) is 11.3 Å². The summed E-state index contributed by atoms with van der Waals surface area (Å²) in [7, 11) is 0. The molecule has 1 aromatic carbocycles. The summed E-state index contributed by atoms with van der Waals surface area (Å²) >= 11 is 5.86. The zero-order valence-corrected chi connectivity index (χ0v) is 11.9. The van der Waals surface area contributed by atoms with Gasteiger partial charge in [-0.15, -0.1) is 0 Å². The SMILES string of the molecule is O=C(Nc1cccnc1Cl)c1c(O)c2ccccc2[nH]c1=O. The molecular formula is C15H10ClN3O3. The molecule has 0 saturated carbocycles. The van der Waals surface area contributed by atoms with Crippen LogP contribution in [-0.4, -0.2) is 21.0 Å². The van der Waals surface area contributed by atoms with Crippen molar-refractivity contribution >= 4 is 34.1 Å². The number of para-hydroxylation sites is 1. The van der Waals surface area contributed by atoms with Gasteiger partial charge in [-0.1, -0.05) is 23.7 Å². The van der Waals surface area contributed by atoms with Gasteiger partial charge in [0.2, 0.25) is 0 Å². The van der Waals surface area contributed by atoms with E-state index in [4.69, 9.17) is 11.6 Å². The number of hydrogen-bond acceptors (Lipinski definition) is 4. The smallest absolute Gasteiger partial charge is 0.265 e. The first kappa shape index (κ1) is 14.1. The average molecular weight is 316 g/mol. The molecule has 1 amide bonds. The summed E-state index contributed by atoms with van der Waals surface area (Å²) in [5.74, 6) is -1.14. The molecule has 0 aliphatic heterocycles. The highest BCUT2D eigenvalue weighted by Crippen LogP contribution is 2.26. The van der Waals surface area contributed by atoms with Crippen LogP contribution in [0.15, 0.2) is 47.4 Å². The number of carbonyl (C=O) groups excluding carboxylic acids is 1. The number of halogens is 1. The van der Waals surface area contributed by atoms with Gasteiger partial charge in [-0.05, 0) is 24.3 Å². The maximum absolute atomic E-state index is 12.3. The van der Waals surface area contributed by atoms with Gasteiger partial charge in [0.15, 0.2) is 5.15 Å². The Bertz CT molecular complexity index is 937. The van der Waals surface area contributed by atoms with Crippen molar-refractivity contribution in [3.8, 4) is 5.75 Å². The number of amides is 1. The van der Waals surface area contributed by atoms with E-state index in [1.54, 1.807) is 36.4 Å². The molecule has 0 fully saturated rings. The minimum absolute atomic E-state index is 0.0903. The Morgan fingerprint density at radius 2 is 2.00 bits per heavy atom. The fourth-order valence-electron chi connectivity index (χ4n) is 2.10. The van der Waals surface area contributed by atoms with E-state index < -0.39 is 11.5 Å². The van der Waals surface area contributed by atoms with Gasteiger partial charge in [-0.2, -0.15) is 0 Å². The molecule has 110 valence electrons. The summed E-state index contributed by atoms with van der Waals surface area (Å²) in [5, 5.41) is 13.1. The number of nitrogens with one attached hydrogen (secondary N) is 2. The Kier molecular flexibility index (Phi) is 3.52. The number of hydrogen-bond donors (Lipinski definition) is 3. The van der Waals surface area contributed by atoms with Gasteiger partial charge < -0.3 is 15.4 Å². The molecule has 3 aromatic rings. The standard InChI is InChI=1S/C15H10ClN3O3/c16-13-10(6-3-7-17-13)19-15(22)11-12(20)8-4-1-2-5-9(8)18-14(11)21/h1-7H,(H,19,22)(H2,18,20,21). The molecule has 7 heteroatoms. The summed E-state index contributed by atoms with van der Waals surface area (Å²) in [6.07, 6.45) is 1.47. The molecule has 2 aromatic heterocycles. The Morgan fingerprint density at radius 3 is 2.77 bits per heavy atom. The Balaban J connectivity index is 2.08. The first-order valence-corrected chi connectivity index (χ1v) is 6.71. The monoisotopic (exact) mass is 315 g/mol. The number of aromatic amines is 1. The summed E-state index contributed by atoms with van der Waals surface area (Å²) < 4.78 is 0. The normalized spacial score (nSPS) is 10.6. The molecule has 0 aliphatic rings. The molecule has 0 atom stereocenters. The summed E-state index contributed by atoms with van der Waals surface area (Å²) in [6, 6.07) is 9.78. The number of fused-ring (bicyclic) bond motifs is 1. The summed E-state index contributed by atoms with van der Waals surface area (Å²) in [4.78, 5) is 30.7. The fourth-order valence-corrected chi connectivity index (χ4v) is 2.27. The van der Waals surface area contributed by atoms with Gasteiger partial charge in [0.05, 0.1) is 11.2 Å². The van der Waals surface area contributed by atoms with E-state index >= 15 is 0 Å². The third-order valence-electron chi connectivity index (χ3n) is 3.13. The van der Waals surface area contributed by atoms with Crippen LogP contribution in [0.4, 0.5) is 5.69 Å².